The van der Waals surface area contributed by atoms with Crippen molar-refractivity contribution in [3.63, 3.8) is 0 Å². The second-order valence-electron chi connectivity index (χ2n) is 5.79. The van der Waals surface area contributed by atoms with Crippen LogP contribution >= 0.6 is 0 Å². The number of sulfonamides is 1. The van der Waals surface area contributed by atoms with Gasteiger partial charge in [-0.3, -0.25) is 4.79 Å². The van der Waals surface area contributed by atoms with E-state index in [2.05, 4.69) is 10.0 Å². The number of ether oxygens (including phenoxy) is 2. The van der Waals surface area contributed by atoms with Crippen molar-refractivity contribution in [2.75, 3.05) is 20.8 Å². The summed E-state index contributed by atoms with van der Waals surface area (Å²) in [5.41, 5.74) is 1.15. The third-order valence-electron chi connectivity index (χ3n) is 3.88. The molecule has 0 bridgehead atoms. The van der Waals surface area contributed by atoms with Gasteiger partial charge in [0.15, 0.2) is 11.5 Å². The lowest BCUT2D eigenvalue weighted by Gasteiger charge is -2.11. The lowest BCUT2D eigenvalue weighted by molar-refractivity contribution is 0.0953. The third-order valence-corrected chi connectivity index (χ3v) is 5.29. The van der Waals surface area contributed by atoms with Crippen molar-refractivity contribution in [1.29, 1.82) is 0 Å². The molecule has 0 radical (unpaired) electrons. The van der Waals surface area contributed by atoms with Crippen LogP contribution in [-0.4, -0.2) is 35.1 Å². The van der Waals surface area contributed by atoms with Gasteiger partial charge < -0.3 is 14.8 Å². The number of benzene rings is 2. The van der Waals surface area contributed by atoms with E-state index in [1.54, 1.807) is 18.2 Å². The van der Waals surface area contributed by atoms with Crippen LogP contribution in [0.15, 0.2) is 47.4 Å². The van der Waals surface area contributed by atoms with E-state index in [0.29, 0.717) is 23.6 Å². The molecule has 2 aromatic carbocycles. The van der Waals surface area contributed by atoms with Crippen LogP contribution in [0.25, 0.3) is 0 Å². The minimum atomic E-state index is -3.71. The van der Waals surface area contributed by atoms with Crippen LogP contribution in [0.1, 0.15) is 29.3 Å². The molecule has 1 amide bonds. The standard InChI is InChI=1S/C19H24N2O5S/c1-4-11-20-19(22)15-6-8-16(9-7-15)27(23,24)21-13-14-5-10-17(25-2)18(12-14)26-3/h5-10,12,21H,4,11,13H2,1-3H3,(H,20,22). The predicted molar refractivity (Wildman–Crippen MR) is 103 cm³/mol. The van der Waals surface area contributed by atoms with E-state index in [1.165, 1.54) is 38.5 Å². The summed E-state index contributed by atoms with van der Waals surface area (Å²) in [5, 5.41) is 2.75. The minimum Gasteiger partial charge on any atom is -0.493 e. The Bertz CT molecular complexity index is 879. The molecule has 0 aliphatic heterocycles. The van der Waals surface area contributed by atoms with Crippen LogP contribution in [0.2, 0.25) is 0 Å². The highest BCUT2D eigenvalue weighted by atomic mass is 32.2. The molecule has 8 heteroatoms. The lowest BCUT2D eigenvalue weighted by atomic mass is 10.2. The van der Waals surface area contributed by atoms with Gasteiger partial charge in [-0.2, -0.15) is 0 Å². The van der Waals surface area contributed by atoms with Crippen molar-refractivity contribution in [1.82, 2.24) is 10.0 Å². The summed E-state index contributed by atoms with van der Waals surface area (Å²) >= 11 is 0. The summed E-state index contributed by atoms with van der Waals surface area (Å²) in [6, 6.07) is 11.0. The van der Waals surface area contributed by atoms with Gasteiger partial charge in [0.05, 0.1) is 19.1 Å². The average Bonchev–Trinajstić information content (AvgIpc) is 2.70. The average molecular weight is 392 g/mol. The van der Waals surface area contributed by atoms with Gasteiger partial charge in [0.1, 0.15) is 0 Å². The van der Waals surface area contributed by atoms with Gasteiger partial charge in [0.2, 0.25) is 10.0 Å². The fraction of sp³-hybridized carbons (Fsp3) is 0.316. The molecular weight excluding hydrogens is 368 g/mol. The molecule has 0 aliphatic rings. The van der Waals surface area contributed by atoms with Gasteiger partial charge in [0, 0.05) is 18.7 Å². The van der Waals surface area contributed by atoms with Crippen LogP contribution in [0.4, 0.5) is 0 Å². The molecule has 0 heterocycles. The lowest BCUT2D eigenvalue weighted by Crippen LogP contribution is -2.25. The molecule has 146 valence electrons. The van der Waals surface area contributed by atoms with Crippen molar-refractivity contribution in [3.05, 3.63) is 53.6 Å². The Balaban J connectivity index is 2.07. The predicted octanol–water partition coefficient (Wildman–Crippen LogP) is 2.32. The van der Waals surface area contributed by atoms with E-state index < -0.39 is 10.0 Å². The summed E-state index contributed by atoms with van der Waals surface area (Å²) in [4.78, 5) is 12.0. The first-order valence-electron chi connectivity index (χ1n) is 8.50. The van der Waals surface area contributed by atoms with Crippen LogP contribution in [-0.2, 0) is 16.6 Å². The Morgan fingerprint density at radius 2 is 1.67 bits per heavy atom. The normalized spacial score (nSPS) is 11.1. The van der Waals surface area contributed by atoms with Gasteiger partial charge in [-0.05, 0) is 48.4 Å². The molecule has 0 aromatic heterocycles. The quantitative estimate of drug-likeness (QED) is 0.683. The van der Waals surface area contributed by atoms with Crippen molar-refractivity contribution in [2.45, 2.75) is 24.8 Å². The Hall–Kier alpha value is -2.58. The number of hydrogen-bond donors (Lipinski definition) is 2. The van der Waals surface area contributed by atoms with Crippen molar-refractivity contribution in [2.24, 2.45) is 0 Å². The number of carbonyl (C=O) groups excluding carboxylic acids is 1. The number of rotatable bonds is 9. The monoisotopic (exact) mass is 392 g/mol. The smallest absolute Gasteiger partial charge is 0.251 e. The molecule has 0 unspecified atom stereocenters. The zero-order chi connectivity index (χ0) is 19.9. The van der Waals surface area contributed by atoms with Gasteiger partial charge in [-0.25, -0.2) is 13.1 Å². The van der Waals surface area contributed by atoms with Crippen LogP contribution in [0.3, 0.4) is 0 Å². The zero-order valence-electron chi connectivity index (χ0n) is 15.6. The van der Waals surface area contributed by atoms with E-state index in [1.807, 2.05) is 6.92 Å². The summed E-state index contributed by atoms with van der Waals surface area (Å²) in [6.07, 6.45) is 0.832. The largest absolute Gasteiger partial charge is 0.493 e. The second-order valence-corrected chi connectivity index (χ2v) is 7.56. The Kier molecular flexibility index (Phi) is 7.20. The highest BCUT2D eigenvalue weighted by Crippen LogP contribution is 2.27. The van der Waals surface area contributed by atoms with E-state index in [0.717, 1.165) is 12.0 Å². The molecule has 0 atom stereocenters. The number of nitrogens with one attached hydrogen (secondary N) is 2. The van der Waals surface area contributed by atoms with Crippen molar-refractivity contribution in [3.8, 4) is 11.5 Å². The summed E-state index contributed by atoms with van der Waals surface area (Å²) in [6.45, 7) is 2.63. The number of amides is 1. The maximum Gasteiger partial charge on any atom is 0.251 e. The molecular formula is C19H24N2O5S. The molecule has 2 rings (SSSR count). The minimum absolute atomic E-state index is 0.0926. The maximum atomic E-state index is 12.5. The molecule has 0 fully saturated rings. The molecule has 0 saturated carbocycles. The van der Waals surface area contributed by atoms with E-state index in [-0.39, 0.29) is 17.3 Å². The first kappa shape index (κ1) is 20.7. The highest BCUT2D eigenvalue weighted by Gasteiger charge is 2.15. The summed E-state index contributed by atoms with van der Waals surface area (Å²) in [5.74, 6) is 0.872. The van der Waals surface area contributed by atoms with Crippen LogP contribution in [0, 0.1) is 0 Å². The SMILES string of the molecule is CCCNC(=O)c1ccc(S(=O)(=O)NCc2ccc(OC)c(OC)c2)cc1. The highest BCUT2D eigenvalue weighted by molar-refractivity contribution is 7.89. The molecule has 0 spiro atoms. The maximum absolute atomic E-state index is 12.5. The zero-order valence-corrected chi connectivity index (χ0v) is 16.4. The Morgan fingerprint density at radius 1 is 1.00 bits per heavy atom. The molecule has 0 aliphatic carbocycles. The van der Waals surface area contributed by atoms with E-state index in [9.17, 15) is 13.2 Å². The molecule has 2 N–H and O–H groups in total. The first-order chi connectivity index (χ1) is 12.9. The molecule has 7 nitrogen and oxygen atoms in total. The fourth-order valence-electron chi connectivity index (χ4n) is 2.38. The number of methoxy groups -OCH3 is 2. The van der Waals surface area contributed by atoms with Gasteiger partial charge in [-0.15, -0.1) is 0 Å². The van der Waals surface area contributed by atoms with Crippen molar-refractivity contribution < 1.29 is 22.7 Å². The third kappa shape index (κ3) is 5.45. The van der Waals surface area contributed by atoms with Crippen LogP contribution in [0.5, 0.6) is 11.5 Å². The number of carbonyl (C=O) groups is 1. The Morgan fingerprint density at radius 3 is 2.26 bits per heavy atom. The first-order valence-corrected chi connectivity index (χ1v) is 9.98. The molecule has 27 heavy (non-hydrogen) atoms. The van der Waals surface area contributed by atoms with Gasteiger partial charge in [-0.1, -0.05) is 13.0 Å². The van der Waals surface area contributed by atoms with Crippen molar-refractivity contribution >= 4 is 15.9 Å². The van der Waals surface area contributed by atoms with Gasteiger partial charge >= 0.3 is 0 Å². The van der Waals surface area contributed by atoms with E-state index >= 15 is 0 Å². The van der Waals surface area contributed by atoms with Crippen LogP contribution < -0.4 is 19.5 Å². The second kappa shape index (κ2) is 9.38. The van der Waals surface area contributed by atoms with Gasteiger partial charge in [0.25, 0.3) is 5.91 Å². The topological polar surface area (TPSA) is 93.7 Å². The summed E-state index contributed by atoms with van der Waals surface area (Å²) < 4.78 is 37.9. The summed E-state index contributed by atoms with van der Waals surface area (Å²) in [7, 11) is -0.655. The Labute approximate surface area is 159 Å². The number of hydrogen-bond acceptors (Lipinski definition) is 5. The van der Waals surface area contributed by atoms with E-state index in [4.69, 9.17) is 9.47 Å². The molecule has 2 aromatic rings. The molecule has 0 saturated heterocycles. The fourth-order valence-corrected chi connectivity index (χ4v) is 3.40.